The quantitative estimate of drug-likeness (QED) is 0.784. The van der Waals surface area contributed by atoms with Crippen LogP contribution in [0.15, 0.2) is 24.3 Å². The van der Waals surface area contributed by atoms with Gasteiger partial charge in [0.15, 0.2) is 6.61 Å². The molecule has 0 aromatic heterocycles. The predicted molar refractivity (Wildman–Crippen MR) is 74.4 cm³/mol. The van der Waals surface area contributed by atoms with Crippen molar-refractivity contribution in [3.05, 3.63) is 29.8 Å². The van der Waals surface area contributed by atoms with Gasteiger partial charge in [0.05, 0.1) is 13.2 Å². The fourth-order valence-electron chi connectivity index (χ4n) is 2.26. The van der Waals surface area contributed by atoms with Crippen LogP contribution in [-0.2, 0) is 16.1 Å². The van der Waals surface area contributed by atoms with Crippen molar-refractivity contribution in [1.82, 2.24) is 5.32 Å². The average molecular weight is 279 g/mol. The van der Waals surface area contributed by atoms with Crippen molar-refractivity contribution in [3.8, 4) is 5.75 Å². The number of rotatable bonds is 7. The molecule has 0 bridgehead atoms. The zero-order valence-corrected chi connectivity index (χ0v) is 11.7. The van der Waals surface area contributed by atoms with Gasteiger partial charge < -0.3 is 19.9 Å². The minimum absolute atomic E-state index is 0.00331. The Balaban J connectivity index is 1.71. The highest BCUT2D eigenvalue weighted by atomic mass is 16.5. The third-order valence-corrected chi connectivity index (χ3v) is 3.62. The Morgan fingerprint density at radius 1 is 1.35 bits per heavy atom. The summed E-state index contributed by atoms with van der Waals surface area (Å²) < 4.78 is 10.5. The number of carbonyl (C=O) groups is 1. The van der Waals surface area contributed by atoms with Crippen molar-refractivity contribution in [1.29, 1.82) is 0 Å². The molecule has 2 N–H and O–H groups in total. The molecule has 0 saturated heterocycles. The molecule has 0 spiro atoms. The van der Waals surface area contributed by atoms with Crippen LogP contribution >= 0.6 is 0 Å². The summed E-state index contributed by atoms with van der Waals surface area (Å²) in [6.45, 7) is 0.701. The van der Waals surface area contributed by atoms with Crippen LogP contribution in [0, 0.1) is 5.92 Å². The first-order valence-electron chi connectivity index (χ1n) is 6.84. The molecule has 1 aliphatic carbocycles. The number of hydrogen-bond acceptors (Lipinski definition) is 4. The van der Waals surface area contributed by atoms with E-state index in [4.69, 9.17) is 14.6 Å². The van der Waals surface area contributed by atoms with E-state index in [1.165, 1.54) is 0 Å². The van der Waals surface area contributed by atoms with E-state index in [1.807, 2.05) is 0 Å². The van der Waals surface area contributed by atoms with Gasteiger partial charge in [0.25, 0.3) is 5.91 Å². The first kappa shape index (κ1) is 14.8. The molecule has 20 heavy (non-hydrogen) atoms. The van der Waals surface area contributed by atoms with Crippen molar-refractivity contribution in [2.24, 2.45) is 5.92 Å². The summed E-state index contributed by atoms with van der Waals surface area (Å²) >= 11 is 0. The van der Waals surface area contributed by atoms with E-state index in [0.717, 1.165) is 18.4 Å². The molecule has 5 heteroatoms. The van der Waals surface area contributed by atoms with Crippen molar-refractivity contribution >= 4 is 5.91 Å². The summed E-state index contributed by atoms with van der Waals surface area (Å²) in [5.74, 6) is 0.939. The maximum Gasteiger partial charge on any atom is 0.258 e. The van der Waals surface area contributed by atoms with Gasteiger partial charge in [-0.1, -0.05) is 12.1 Å². The molecule has 2 rings (SSSR count). The SMILES string of the molecule is COC[C@H]1CC[C@H]1NC(=O)COc1ccc(CO)cc1. The van der Waals surface area contributed by atoms with Gasteiger partial charge in [-0.15, -0.1) is 0 Å². The smallest absolute Gasteiger partial charge is 0.258 e. The number of nitrogens with one attached hydrogen (secondary N) is 1. The number of benzene rings is 1. The number of ether oxygens (including phenoxy) is 2. The summed E-state index contributed by atoms with van der Waals surface area (Å²) in [6.07, 6.45) is 2.10. The second-order valence-corrected chi connectivity index (χ2v) is 5.06. The lowest BCUT2D eigenvalue weighted by atomic mass is 9.80. The molecule has 1 amide bonds. The van der Waals surface area contributed by atoms with Crippen LogP contribution in [0.2, 0.25) is 0 Å². The monoisotopic (exact) mass is 279 g/mol. The molecule has 110 valence electrons. The minimum Gasteiger partial charge on any atom is -0.484 e. The van der Waals surface area contributed by atoms with Crippen molar-refractivity contribution in [2.75, 3.05) is 20.3 Å². The first-order valence-corrected chi connectivity index (χ1v) is 6.84. The van der Waals surface area contributed by atoms with Gasteiger partial charge in [0, 0.05) is 19.1 Å². The number of carbonyl (C=O) groups excluding carboxylic acids is 1. The van der Waals surface area contributed by atoms with Gasteiger partial charge in [0.1, 0.15) is 5.75 Å². The summed E-state index contributed by atoms with van der Waals surface area (Å²) in [7, 11) is 1.68. The van der Waals surface area contributed by atoms with E-state index in [2.05, 4.69) is 5.32 Å². The third-order valence-electron chi connectivity index (χ3n) is 3.62. The van der Waals surface area contributed by atoms with E-state index in [9.17, 15) is 4.79 Å². The van der Waals surface area contributed by atoms with Crippen LogP contribution < -0.4 is 10.1 Å². The van der Waals surface area contributed by atoms with Crippen LogP contribution in [0.3, 0.4) is 0 Å². The van der Waals surface area contributed by atoms with Crippen LogP contribution in [0.1, 0.15) is 18.4 Å². The van der Waals surface area contributed by atoms with Crippen molar-refractivity contribution in [3.63, 3.8) is 0 Å². The number of aliphatic hydroxyl groups is 1. The Kier molecular flexibility index (Phi) is 5.38. The first-order chi connectivity index (χ1) is 9.72. The highest BCUT2D eigenvalue weighted by molar-refractivity contribution is 5.78. The standard InChI is InChI=1S/C15H21NO4/c1-19-9-12-4-7-14(12)16-15(18)10-20-13-5-2-11(8-17)3-6-13/h2-3,5-6,12,14,17H,4,7-10H2,1H3,(H,16,18)/t12-,14-/m1/s1. The molecule has 0 unspecified atom stereocenters. The van der Waals surface area contributed by atoms with Gasteiger partial charge >= 0.3 is 0 Å². The second-order valence-electron chi connectivity index (χ2n) is 5.06. The topological polar surface area (TPSA) is 67.8 Å². The fraction of sp³-hybridized carbons (Fsp3) is 0.533. The van der Waals surface area contributed by atoms with Crippen molar-refractivity contribution in [2.45, 2.75) is 25.5 Å². The summed E-state index contributed by atoms with van der Waals surface area (Å²) in [5.41, 5.74) is 0.818. The lowest BCUT2D eigenvalue weighted by molar-refractivity contribution is -0.125. The van der Waals surface area contributed by atoms with Crippen LogP contribution in [0.25, 0.3) is 0 Å². The molecule has 0 radical (unpaired) electrons. The lowest BCUT2D eigenvalue weighted by Crippen LogP contribution is -2.49. The van der Waals surface area contributed by atoms with E-state index in [-0.39, 0.29) is 25.2 Å². The van der Waals surface area contributed by atoms with E-state index >= 15 is 0 Å². The minimum atomic E-state index is -0.109. The summed E-state index contributed by atoms with van der Waals surface area (Å²) in [5, 5.41) is 11.9. The van der Waals surface area contributed by atoms with Gasteiger partial charge in [-0.3, -0.25) is 4.79 Å². The third kappa shape index (κ3) is 3.95. The number of hydrogen-bond donors (Lipinski definition) is 2. The van der Waals surface area contributed by atoms with Gasteiger partial charge in [-0.2, -0.15) is 0 Å². The normalized spacial score (nSPS) is 21.1. The molecule has 1 saturated carbocycles. The Labute approximate surface area is 118 Å². The Bertz CT molecular complexity index is 432. The predicted octanol–water partition coefficient (Wildman–Crippen LogP) is 1.10. The molecule has 1 aliphatic rings. The van der Waals surface area contributed by atoms with E-state index < -0.39 is 0 Å². The number of amides is 1. The molecule has 2 atom stereocenters. The molecular formula is C15H21NO4. The van der Waals surface area contributed by atoms with Gasteiger partial charge in [0.2, 0.25) is 0 Å². The van der Waals surface area contributed by atoms with E-state index in [0.29, 0.717) is 18.3 Å². The highest BCUT2D eigenvalue weighted by Crippen LogP contribution is 2.27. The largest absolute Gasteiger partial charge is 0.484 e. The molecule has 1 aromatic rings. The zero-order valence-electron chi connectivity index (χ0n) is 11.7. The summed E-state index contributed by atoms with van der Waals surface area (Å²) in [6, 6.07) is 7.25. The summed E-state index contributed by atoms with van der Waals surface area (Å²) in [4.78, 5) is 11.8. The van der Waals surface area contributed by atoms with Gasteiger partial charge in [-0.25, -0.2) is 0 Å². The van der Waals surface area contributed by atoms with Crippen LogP contribution in [0.5, 0.6) is 5.75 Å². The molecular weight excluding hydrogens is 258 g/mol. The van der Waals surface area contributed by atoms with Crippen molar-refractivity contribution < 1.29 is 19.4 Å². The Hall–Kier alpha value is -1.59. The number of methoxy groups -OCH3 is 1. The van der Waals surface area contributed by atoms with Gasteiger partial charge in [-0.05, 0) is 30.5 Å². The maximum absolute atomic E-state index is 11.8. The molecule has 0 aliphatic heterocycles. The molecule has 0 heterocycles. The molecule has 1 aromatic carbocycles. The Morgan fingerprint density at radius 3 is 2.65 bits per heavy atom. The second kappa shape index (κ2) is 7.26. The van der Waals surface area contributed by atoms with Crippen LogP contribution in [0.4, 0.5) is 0 Å². The van der Waals surface area contributed by atoms with E-state index in [1.54, 1.807) is 31.4 Å². The average Bonchev–Trinajstić information content (AvgIpc) is 2.47. The maximum atomic E-state index is 11.8. The molecule has 1 fully saturated rings. The number of aliphatic hydroxyl groups excluding tert-OH is 1. The van der Waals surface area contributed by atoms with Crippen LogP contribution in [-0.4, -0.2) is 37.4 Å². The zero-order chi connectivity index (χ0) is 14.4. The Morgan fingerprint density at radius 2 is 2.10 bits per heavy atom. The fourth-order valence-corrected chi connectivity index (χ4v) is 2.26. The molecule has 5 nitrogen and oxygen atoms in total. The highest BCUT2D eigenvalue weighted by Gasteiger charge is 2.31. The lowest BCUT2D eigenvalue weighted by Gasteiger charge is -2.36.